The molecule has 27 heavy (non-hydrogen) atoms. The normalized spacial score (nSPS) is 13.0. The molecule has 2 N–H and O–H groups in total. The van der Waals surface area contributed by atoms with Crippen LogP contribution in [-0.2, 0) is 22.4 Å². The number of carbonyl (C=O) groups is 2. The summed E-state index contributed by atoms with van der Waals surface area (Å²) in [7, 11) is 0. The number of thiazole rings is 1. The van der Waals surface area contributed by atoms with Crippen molar-refractivity contribution in [2.24, 2.45) is 0 Å². The van der Waals surface area contributed by atoms with Crippen LogP contribution in [0.5, 0.6) is 0 Å². The van der Waals surface area contributed by atoms with E-state index in [0.29, 0.717) is 16.6 Å². The van der Waals surface area contributed by atoms with Crippen LogP contribution in [0.2, 0.25) is 5.02 Å². The highest BCUT2D eigenvalue weighted by Crippen LogP contribution is 2.30. The number of hydrogen-bond donors (Lipinski definition) is 2. The van der Waals surface area contributed by atoms with Gasteiger partial charge in [-0.05, 0) is 41.8 Å². The number of fused-ring (bicyclic) bond motifs is 1. The maximum atomic E-state index is 12.2. The van der Waals surface area contributed by atoms with Crippen molar-refractivity contribution >= 4 is 45.6 Å². The third kappa shape index (κ3) is 4.18. The lowest BCUT2D eigenvalue weighted by molar-refractivity contribution is -0.116. The fourth-order valence-electron chi connectivity index (χ4n) is 2.96. The van der Waals surface area contributed by atoms with Crippen LogP contribution in [0.15, 0.2) is 47.8 Å². The second-order valence-electron chi connectivity index (χ2n) is 6.31. The molecule has 136 valence electrons. The number of halogens is 1. The lowest BCUT2D eigenvalue weighted by Gasteiger charge is -2.17. The Bertz CT molecular complexity index is 1010. The summed E-state index contributed by atoms with van der Waals surface area (Å²) in [6, 6.07) is 13.1. The summed E-state index contributed by atoms with van der Waals surface area (Å²) in [5.74, 6) is -0.0685. The molecule has 4 rings (SSSR count). The first-order valence-corrected chi connectivity index (χ1v) is 9.75. The highest BCUT2D eigenvalue weighted by Gasteiger charge is 2.16. The molecule has 1 aliphatic rings. The monoisotopic (exact) mass is 397 g/mol. The van der Waals surface area contributed by atoms with Crippen molar-refractivity contribution < 1.29 is 9.59 Å². The van der Waals surface area contributed by atoms with Crippen LogP contribution in [0, 0.1) is 0 Å². The van der Waals surface area contributed by atoms with Crippen molar-refractivity contribution in [1.82, 2.24) is 4.98 Å². The second kappa shape index (κ2) is 7.50. The van der Waals surface area contributed by atoms with Crippen molar-refractivity contribution in [3.63, 3.8) is 0 Å². The predicted octanol–water partition coefficient (Wildman–Crippen LogP) is 4.53. The van der Waals surface area contributed by atoms with Crippen molar-refractivity contribution in [3.05, 3.63) is 64.0 Å². The first-order valence-electron chi connectivity index (χ1n) is 8.50. The minimum absolute atomic E-state index is 0.0506. The van der Waals surface area contributed by atoms with E-state index in [4.69, 9.17) is 11.6 Å². The average molecular weight is 398 g/mol. The number of aromatic nitrogens is 1. The average Bonchev–Trinajstić information content (AvgIpc) is 3.11. The number of aryl methyl sites for hydroxylation is 1. The number of carbonyl (C=O) groups excluding carboxylic acids is 2. The van der Waals surface area contributed by atoms with E-state index < -0.39 is 0 Å². The molecule has 0 saturated carbocycles. The number of nitrogens with zero attached hydrogens (tertiary/aromatic N) is 1. The summed E-state index contributed by atoms with van der Waals surface area (Å²) in [6.07, 6.45) is 1.49. The Balaban J connectivity index is 1.44. The van der Waals surface area contributed by atoms with Crippen LogP contribution in [0.3, 0.4) is 0 Å². The van der Waals surface area contributed by atoms with Crippen LogP contribution in [-0.4, -0.2) is 16.8 Å². The van der Waals surface area contributed by atoms with Gasteiger partial charge in [-0.25, -0.2) is 4.98 Å². The molecule has 2 heterocycles. The fraction of sp³-hybridized carbons (Fsp3) is 0.150. The summed E-state index contributed by atoms with van der Waals surface area (Å²) in [5, 5.41) is 8.85. The SMILES string of the molecule is O=C(Cc1ccc(Cl)cc1)Nc1nc(-c2ccc3c(c2)CCC(=O)N3)cs1. The third-order valence-corrected chi connectivity index (χ3v) is 5.33. The van der Waals surface area contributed by atoms with E-state index in [2.05, 4.69) is 15.6 Å². The first kappa shape index (κ1) is 17.7. The predicted molar refractivity (Wildman–Crippen MR) is 108 cm³/mol. The topological polar surface area (TPSA) is 71.1 Å². The molecular formula is C20H16ClN3O2S. The number of rotatable bonds is 4. The van der Waals surface area contributed by atoms with Crippen LogP contribution >= 0.6 is 22.9 Å². The van der Waals surface area contributed by atoms with Gasteiger partial charge in [0, 0.05) is 28.1 Å². The molecule has 0 radical (unpaired) electrons. The van der Waals surface area contributed by atoms with Gasteiger partial charge in [-0.1, -0.05) is 29.8 Å². The molecule has 5 nitrogen and oxygen atoms in total. The lowest BCUT2D eigenvalue weighted by atomic mass is 9.99. The van der Waals surface area contributed by atoms with Crippen LogP contribution in [0.1, 0.15) is 17.5 Å². The van der Waals surface area contributed by atoms with E-state index in [1.54, 1.807) is 12.1 Å². The summed E-state index contributed by atoms with van der Waals surface area (Å²) in [6.45, 7) is 0. The van der Waals surface area contributed by atoms with Gasteiger partial charge < -0.3 is 10.6 Å². The molecule has 3 aromatic rings. The molecule has 2 amide bonds. The Morgan fingerprint density at radius 3 is 2.81 bits per heavy atom. The zero-order valence-electron chi connectivity index (χ0n) is 14.3. The molecule has 0 unspecified atom stereocenters. The summed E-state index contributed by atoms with van der Waals surface area (Å²) in [5.41, 5.74) is 4.64. The van der Waals surface area contributed by atoms with E-state index in [9.17, 15) is 9.59 Å². The Morgan fingerprint density at radius 1 is 1.19 bits per heavy atom. The lowest BCUT2D eigenvalue weighted by Crippen LogP contribution is -2.18. The van der Waals surface area contributed by atoms with Gasteiger partial charge in [0.1, 0.15) is 0 Å². The first-order chi connectivity index (χ1) is 13.1. The van der Waals surface area contributed by atoms with Gasteiger partial charge in [-0.3, -0.25) is 9.59 Å². The van der Waals surface area contributed by atoms with E-state index >= 15 is 0 Å². The molecule has 0 atom stereocenters. The quantitative estimate of drug-likeness (QED) is 0.679. The Labute approximate surface area is 165 Å². The number of anilines is 2. The molecule has 1 aromatic heterocycles. The minimum atomic E-state index is -0.119. The summed E-state index contributed by atoms with van der Waals surface area (Å²) in [4.78, 5) is 28.2. The maximum absolute atomic E-state index is 12.2. The molecule has 0 fully saturated rings. The molecule has 1 aliphatic heterocycles. The van der Waals surface area contributed by atoms with Gasteiger partial charge in [0.2, 0.25) is 11.8 Å². The molecular weight excluding hydrogens is 382 g/mol. The summed E-state index contributed by atoms with van der Waals surface area (Å²) < 4.78 is 0. The second-order valence-corrected chi connectivity index (χ2v) is 7.60. The van der Waals surface area contributed by atoms with E-state index in [-0.39, 0.29) is 18.2 Å². The van der Waals surface area contributed by atoms with E-state index in [0.717, 1.165) is 34.5 Å². The van der Waals surface area contributed by atoms with Crippen molar-refractivity contribution in [2.45, 2.75) is 19.3 Å². The molecule has 0 spiro atoms. The molecule has 0 aliphatic carbocycles. The van der Waals surface area contributed by atoms with Crippen LogP contribution < -0.4 is 10.6 Å². The van der Waals surface area contributed by atoms with Gasteiger partial charge in [0.05, 0.1) is 12.1 Å². The number of hydrogen-bond acceptors (Lipinski definition) is 4. The molecule has 0 saturated heterocycles. The van der Waals surface area contributed by atoms with Crippen LogP contribution in [0.4, 0.5) is 10.8 Å². The highest BCUT2D eigenvalue weighted by molar-refractivity contribution is 7.14. The zero-order valence-corrected chi connectivity index (χ0v) is 15.9. The standard InChI is InChI=1S/C20H16ClN3O2S/c21-15-5-1-12(2-6-15)9-19(26)24-20-23-17(11-27-20)14-3-7-16-13(10-14)4-8-18(25)22-16/h1-3,5-7,10-11H,4,8-9H2,(H,22,25)(H,23,24,26). The molecule has 2 aromatic carbocycles. The number of nitrogens with one attached hydrogen (secondary N) is 2. The maximum Gasteiger partial charge on any atom is 0.230 e. The Hall–Kier alpha value is -2.70. The number of benzene rings is 2. The van der Waals surface area contributed by atoms with Crippen LogP contribution in [0.25, 0.3) is 11.3 Å². The van der Waals surface area contributed by atoms with Gasteiger partial charge in [-0.2, -0.15) is 0 Å². The van der Waals surface area contributed by atoms with Gasteiger partial charge >= 0.3 is 0 Å². The Morgan fingerprint density at radius 2 is 2.00 bits per heavy atom. The highest BCUT2D eigenvalue weighted by atomic mass is 35.5. The van der Waals surface area contributed by atoms with Gasteiger partial charge in [0.15, 0.2) is 5.13 Å². The van der Waals surface area contributed by atoms with Gasteiger partial charge in [-0.15, -0.1) is 11.3 Å². The summed E-state index contributed by atoms with van der Waals surface area (Å²) >= 11 is 7.25. The van der Waals surface area contributed by atoms with Crippen molar-refractivity contribution in [3.8, 4) is 11.3 Å². The van der Waals surface area contributed by atoms with E-state index in [1.807, 2.05) is 35.7 Å². The zero-order chi connectivity index (χ0) is 18.8. The molecule has 7 heteroatoms. The van der Waals surface area contributed by atoms with Gasteiger partial charge in [0.25, 0.3) is 0 Å². The number of amides is 2. The van der Waals surface area contributed by atoms with E-state index in [1.165, 1.54) is 11.3 Å². The largest absolute Gasteiger partial charge is 0.326 e. The van der Waals surface area contributed by atoms with Crippen molar-refractivity contribution in [2.75, 3.05) is 10.6 Å². The minimum Gasteiger partial charge on any atom is -0.326 e. The van der Waals surface area contributed by atoms with Crippen molar-refractivity contribution in [1.29, 1.82) is 0 Å². The Kier molecular flexibility index (Phi) is 4.92. The molecule has 0 bridgehead atoms. The third-order valence-electron chi connectivity index (χ3n) is 4.32. The smallest absolute Gasteiger partial charge is 0.230 e. The fourth-order valence-corrected chi connectivity index (χ4v) is 3.82.